The van der Waals surface area contributed by atoms with Crippen LogP contribution in [0.3, 0.4) is 0 Å². The van der Waals surface area contributed by atoms with E-state index in [1.807, 2.05) is 18.2 Å². The summed E-state index contributed by atoms with van der Waals surface area (Å²) in [5.41, 5.74) is 2.63. The summed E-state index contributed by atoms with van der Waals surface area (Å²) in [6.45, 7) is 0.276. The molecule has 0 unspecified atom stereocenters. The third kappa shape index (κ3) is 4.92. The zero-order chi connectivity index (χ0) is 21.5. The number of fused-ring (bicyclic) bond motifs is 1. The molecule has 30 heavy (non-hydrogen) atoms. The van der Waals surface area contributed by atoms with E-state index in [-0.39, 0.29) is 12.5 Å². The number of esters is 1. The van der Waals surface area contributed by atoms with Gasteiger partial charge in [-0.3, -0.25) is 4.79 Å². The fourth-order valence-corrected chi connectivity index (χ4v) is 3.34. The van der Waals surface area contributed by atoms with Crippen molar-refractivity contribution >= 4 is 23.6 Å². The summed E-state index contributed by atoms with van der Waals surface area (Å²) in [7, 11) is 4.71. The maximum atomic E-state index is 12.6. The van der Waals surface area contributed by atoms with Crippen LogP contribution in [0.5, 0.6) is 17.2 Å². The predicted molar refractivity (Wildman–Crippen MR) is 113 cm³/mol. The highest BCUT2D eigenvalue weighted by atomic mass is 16.5. The van der Waals surface area contributed by atoms with Gasteiger partial charge < -0.3 is 23.8 Å². The van der Waals surface area contributed by atoms with E-state index in [4.69, 9.17) is 18.9 Å². The highest BCUT2D eigenvalue weighted by Gasteiger charge is 2.23. The van der Waals surface area contributed by atoms with Gasteiger partial charge in [0, 0.05) is 18.3 Å². The van der Waals surface area contributed by atoms with Gasteiger partial charge in [-0.05, 0) is 60.4 Å². The van der Waals surface area contributed by atoms with Gasteiger partial charge in [0.1, 0.15) is 5.75 Å². The second-order valence-corrected chi connectivity index (χ2v) is 6.70. The Hall–Kier alpha value is -3.48. The molecule has 7 heteroatoms. The lowest BCUT2D eigenvalue weighted by atomic mass is 10.0. The number of amides is 1. The third-order valence-corrected chi connectivity index (χ3v) is 4.86. The Morgan fingerprint density at radius 2 is 1.80 bits per heavy atom. The molecule has 0 radical (unpaired) electrons. The Bertz CT molecular complexity index is 953. The predicted octanol–water partition coefficient (Wildman–Crippen LogP) is 3.25. The molecule has 0 N–H and O–H groups in total. The summed E-state index contributed by atoms with van der Waals surface area (Å²) < 4.78 is 20.8. The van der Waals surface area contributed by atoms with Crippen molar-refractivity contribution in [3.05, 3.63) is 53.6 Å². The number of carbonyl (C=O) groups excluding carboxylic acids is 2. The molecule has 0 saturated heterocycles. The van der Waals surface area contributed by atoms with Crippen LogP contribution in [-0.4, -0.2) is 46.4 Å². The SMILES string of the molecule is COc1ccc2c(c1)CCCN2C(=O)COC(=O)/C=C/c1ccc(OC)c(OC)c1. The number of ether oxygens (including phenoxy) is 4. The summed E-state index contributed by atoms with van der Waals surface area (Å²) >= 11 is 0. The molecule has 0 aliphatic carbocycles. The molecular weight excluding hydrogens is 386 g/mol. The Labute approximate surface area is 175 Å². The summed E-state index contributed by atoms with van der Waals surface area (Å²) in [6, 6.07) is 10.9. The summed E-state index contributed by atoms with van der Waals surface area (Å²) in [5.74, 6) is 1.07. The van der Waals surface area contributed by atoms with E-state index in [0.29, 0.717) is 18.0 Å². The van der Waals surface area contributed by atoms with Gasteiger partial charge >= 0.3 is 5.97 Å². The lowest BCUT2D eigenvalue weighted by Crippen LogP contribution is -2.38. The minimum Gasteiger partial charge on any atom is -0.497 e. The van der Waals surface area contributed by atoms with Crippen LogP contribution >= 0.6 is 0 Å². The Morgan fingerprint density at radius 3 is 2.53 bits per heavy atom. The average molecular weight is 411 g/mol. The van der Waals surface area contributed by atoms with Crippen molar-refractivity contribution in [2.75, 3.05) is 39.4 Å². The van der Waals surface area contributed by atoms with E-state index in [1.165, 1.54) is 6.08 Å². The van der Waals surface area contributed by atoms with E-state index in [0.717, 1.165) is 35.4 Å². The number of hydrogen-bond donors (Lipinski definition) is 0. The van der Waals surface area contributed by atoms with Crippen molar-refractivity contribution in [1.29, 1.82) is 0 Å². The van der Waals surface area contributed by atoms with Crippen LogP contribution in [0.2, 0.25) is 0 Å². The van der Waals surface area contributed by atoms with Crippen molar-refractivity contribution in [3.63, 3.8) is 0 Å². The van der Waals surface area contributed by atoms with Crippen LogP contribution in [0.25, 0.3) is 6.08 Å². The molecule has 7 nitrogen and oxygen atoms in total. The second-order valence-electron chi connectivity index (χ2n) is 6.70. The largest absolute Gasteiger partial charge is 0.497 e. The monoisotopic (exact) mass is 411 g/mol. The lowest BCUT2D eigenvalue weighted by Gasteiger charge is -2.29. The topological polar surface area (TPSA) is 74.3 Å². The van der Waals surface area contributed by atoms with E-state index >= 15 is 0 Å². The number of anilines is 1. The molecule has 0 saturated carbocycles. The summed E-state index contributed by atoms with van der Waals surface area (Å²) in [6.07, 6.45) is 4.60. The first-order chi connectivity index (χ1) is 14.5. The Morgan fingerprint density at radius 1 is 1.00 bits per heavy atom. The number of aryl methyl sites for hydroxylation is 1. The second kappa shape index (κ2) is 9.82. The number of benzene rings is 2. The van der Waals surface area contributed by atoms with Gasteiger partial charge in [-0.2, -0.15) is 0 Å². The van der Waals surface area contributed by atoms with Crippen LogP contribution in [0.4, 0.5) is 5.69 Å². The van der Waals surface area contributed by atoms with Crippen molar-refractivity contribution < 1.29 is 28.5 Å². The summed E-state index contributed by atoms with van der Waals surface area (Å²) in [5, 5.41) is 0. The first-order valence-corrected chi connectivity index (χ1v) is 9.60. The first-order valence-electron chi connectivity index (χ1n) is 9.60. The molecule has 2 aromatic rings. The third-order valence-electron chi connectivity index (χ3n) is 4.86. The Kier molecular flexibility index (Phi) is 6.95. The molecule has 1 aliphatic heterocycles. The average Bonchev–Trinajstić information content (AvgIpc) is 2.79. The Balaban J connectivity index is 1.59. The van der Waals surface area contributed by atoms with Gasteiger partial charge in [0.25, 0.3) is 5.91 Å². The van der Waals surface area contributed by atoms with E-state index in [9.17, 15) is 9.59 Å². The summed E-state index contributed by atoms with van der Waals surface area (Å²) in [4.78, 5) is 26.3. The van der Waals surface area contributed by atoms with Crippen molar-refractivity contribution in [3.8, 4) is 17.2 Å². The molecule has 0 aromatic heterocycles. The fraction of sp³-hybridized carbons (Fsp3) is 0.304. The van der Waals surface area contributed by atoms with Gasteiger partial charge in [-0.1, -0.05) is 6.07 Å². The molecule has 0 atom stereocenters. The maximum Gasteiger partial charge on any atom is 0.331 e. The van der Waals surface area contributed by atoms with Crippen molar-refractivity contribution in [2.24, 2.45) is 0 Å². The molecule has 158 valence electrons. The van der Waals surface area contributed by atoms with Gasteiger partial charge in [-0.25, -0.2) is 4.79 Å². The maximum absolute atomic E-state index is 12.6. The van der Waals surface area contributed by atoms with Crippen LogP contribution < -0.4 is 19.1 Å². The van der Waals surface area contributed by atoms with Gasteiger partial charge in [0.15, 0.2) is 18.1 Å². The smallest absolute Gasteiger partial charge is 0.331 e. The van der Waals surface area contributed by atoms with Gasteiger partial charge in [0.2, 0.25) is 0 Å². The lowest BCUT2D eigenvalue weighted by molar-refractivity contribution is -0.142. The number of rotatable bonds is 7. The van der Waals surface area contributed by atoms with E-state index in [1.54, 1.807) is 50.5 Å². The number of carbonyl (C=O) groups is 2. The van der Waals surface area contributed by atoms with Crippen LogP contribution in [0, 0.1) is 0 Å². The van der Waals surface area contributed by atoms with Crippen LogP contribution in [0.1, 0.15) is 17.5 Å². The quantitative estimate of drug-likeness (QED) is 0.514. The molecule has 0 spiro atoms. The first kappa shape index (κ1) is 21.2. The highest BCUT2D eigenvalue weighted by Crippen LogP contribution is 2.30. The van der Waals surface area contributed by atoms with Gasteiger partial charge in [0.05, 0.1) is 21.3 Å². The molecule has 1 heterocycles. The number of nitrogens with zero attached hydrogens (tertiary/aromatic N) is 1. The van der Waals surface area contributed by atoms with Crippen molar-refractivity contribution in [2.45, 2.75) is 12.8 Å². The molecular formula is C23H25NO6. The fourth-order valence-electron chi connectivity index (χ4n) is 3.34. The van der Waals surface area contributed by atoms with Crippen LogP contribution in [0.15, 0.2) is 42.5 Å². The van der Waals surface area contributed by atoms with Crippen molar-refractivity contribution in [1.82, 2.24) is 0 Å². The minimum atomic E-state index is -0.593. The van der Waals surface area contributed by atoms with E-state index < -0.39 is 5.97 Å². The molecule has 3 rings (SSSR count). The zero-order valence-corrected chi connectivity index (χ0v) is 17.3. The molecule has 2 aromatic carbocycles. The minimum absolute atomic E-state index is 0.256. The molecule has 1 amide bonds. The van der Waals surface area contributed by atoms with E-state index in [2.05, 4.69) is 0 Å². The molecule has 1 aliphatic rings. The molecule has 0 bridgehead atoms. The normalized spacial score (nSPS) is 13.0. The number of methoxy groups -OCH3 is 3. The highest BCUT2D eigenvalue weighted by molar-refractivity contribution is 5.97. The number of hydrogen-bond acceptors (Lipinski definition) is 6. The molecule has 0 fully saturated rings. The van der Waals surface area contributed by atoms with Crippen LogP contribution in [-0.2, 0) is 20.7 Å². The zero-order valence-electron chi connectivity index (χ0n) is 17.3. The van der Waals surface area contributed by atoms with Gasteiger partial charge in [-0.15, -0.1) is 0 Å². The standard InChI is InChI=1S/C23H25NO6/c1-27-18-8-9-19-17(14-18)5-4-12-24(19)22(25)15-30-23(26)11-7-16-6-10-20(28-2)21(13-16)29-3/h6-11,13-14H,4-5,12,15H2,1-3H3/b11-7+.